The van der Waals surface area contributed by atoms with Crippen LogP contribution in [0.3, 0.4) is 0 Å². The van der Waals surface area contributed by atoms with Crippen molar-refractivity contribution in [1.29, 1.82) is 0 Å². The predicted octanol–water partition coefficient (Wildman–Crippen LogP) is 2.38. The molecular weight excluding hydrogens is 308 g/mol. The van der Waals surface area contributed by atoms with Gasteiger partial charge in [0.05, 0.1) is 31.3 Å². The summed E-state index contributed by atoms with van der Waals surface area (Å²) in [6.45, 7) is 4.50. The molecule has 0 aliphatic carbocycles. The van der Waals surface area contributed by atoms with Gasteiger partial charge in [0, 0.05) is 6.42 Å². The molecule has 0 aliphatic heterocycles. The number of nitrogens with zero attached hydrogens (tertiary/aromatic N) is 3. The minimum atomic E-state index is -0.199. The molecule has 0 radical (unpaired) electrons. The Morgan fingerprint density at radius 3 is 3.00 bits per heavy atom. The van der Waals surface area contributed by atoms with E-state index in [0.717, 1.165) is 17.0 Å². The van der Waals surface area contributed by atoms with Crippen molar-refractivity contribution in [1.82, 2.24) is 9.66 Å². The molecule has 2 rings (SSSR count). The maximum Gasteiger partial charge on any atom is 0.305 e. The molecule has 0 fully saturated rings. The lowest BCUT2D eigenvalue weighted by molar-refractivity contribution is -0.143. The lowest BCUT2D eigenvalue weighted by Crippen LogP contribution is -2.06. The first-order valence-corrected chi connectivity index (χ1v) is 7.82. The SMILES string of the molecule is CCOC(=O)CCCOc1cccc(C=Nn2cc(C)nc2N)c1. The largest absolute Gasteiger partial charge is 0.494 e. The summed E-state index contributed by atoms with van der Waals surface area (Å²) in [5.74, 6) is 0.864. The van der Waals surface area contributed by atoms with Gasteiger partial charge in [0.25, 0.3) is 0 Å². The van der Waals surface area contributed by atoms with Crippen LogP contribution in [-0.2, 0) is 9.53 Å². The third-order valence-electron chi connectivity index (χ3n) is 3.12. The van der Waals surface area contributed by atoms with Gasteiger partial charge in [-0.05, 0) is 38.0 Å². The number of rotatable bonds is 8. The number of carbonyl (C=O) groups is 1. The number of aryl methyl sites for hydroxylation is 1. The first-order valence-electron chi connectivity index (χ1n) is 7.82. The van der Waals surface area contributed by atoms with E-state index >= 15 is 0 Å². The molecule has 7 heteroatoms. The van der Waals surface area contributed by atoms with E-state index in [9.17, 15) is 4.79 Å². The maximum atomic E-state index is 11.2. The Morgan fingerprint density at radius 2 is 2.29 bits per heavy atom. The van der Waals surface area contributed by atoms with Gasteiger partial charge in [0.1, 0.15) is 5.75 Å². The summed E-state index contributed by atoms with van der Waals surface area (Å²) in [5, 5.41) is 4.27. The number of ether oxygens (including phenoxy) is 2. The smallest absolute Gasteiger partial charge is 0.305 e. The average molecular weight is 330 g/mol. The van der Waals surface area contributed by atoms with Crippen molar-refractivity contribution >= 4 is 18.1 Å². The Hall–Kier alpha value is -2.83. The number of benzene rings is 1. The molecule has 0 saturated carbocycles. The highest BCUT2D eigenvalue weighted by molar-refractivity contribution is 5.80. The van der Waals surface area contributed by atoms with Crippen LogP contribution in [0, 0.1) is 6.92 Å². The standard InChI is InChI=1S/C17H22N4O3/c1-3-23-16(22)8-5-9-24-15-7-4-6-14(10-15)11-19-21-12-13(2)20-17(21)18/h4,6-7,10-12H,3,5,8-9H2,1-2H3,(H2,18,20). The van der Waals surface area contributed by atoms with Crippen molar-refractivity contribution in [2.75, 3.05) is 18.9 Å². The molecule has 2 aromatic rings. The fourth-order valence-electron chi connectivity index (χ4n) is 2.05. The van der Waals surface area contributed by atoms with Gasteiger partial charge < -0.3 is 15.2 Å². The third kappa shape index (κ3) is 5.42. The first kappa shape index (κ1) is 17.5. The molecule has 0 saturated heterocycles. The van der Waals surface area contributed by atoms with Crippen LogP contribution in [0.15, 0.2) is 35.6 Å². The van der Waals surface area contributed by atoms with Gasteiger partial charge in [-0.15, -0.1) is 0 Å². The molecule has 1 aromatic carbocycles. The van der Waals surface area contributed by atoms with Gasteiger partial charge in [0.2, 0.25) is 5.95 Å². The zero-order valence-electron chi connectivity index (χ0n) is 13.9. The van der Waals surface area contributed by atoms with Crippen LogP contribution in [0.1, 0.15) is 31.0 Å². The Morgan fingerprint density at radius 1 is 1.46 bits per heavy atom. The molecule has 0 amide bonds. The van der Waals surface area contributed by atoms with Crippen LogP contribution in [0.4, 0.5) is 5.95 Å². The average Bonchev–Trinajstić information content (AvgIpc) is 2.88. The summed E-state index contributed by atoms with van der Waals surface area (Å²) in [6.07, 6.45) is 4.40. The van der Waals surface area contributed by atoms with Crippen LogP contribution in [0.2, 0.25) is 0 Å². The van der Waals surface area contributed by atoms with Crippen molar-refractivity contribution in [2.45, 2.75) is 26.7 Å². The fourth-order valence-corrected chi connectivity index (χ4v) is 2.05. The molecule has 1 aromatic heterocycles. The second-order valence-corrected chi connectivity index (χ2v) is 5.16. The predicted molar refractivity (Wildman–Crippen MR) is 92.2 cm³/mol. The molecule has 128 valence electrons. The van der Waals surface area contributed by atoms with Crippen molar-refractivity contribution in [3.8, 4) is 5.75 Å². The van der Waals surface area contributed by atoms with Gasteiger partial charge in [-0.3, -0.25) is 4.79 Å². The minimum absolute atomic E-state index is 0.199. The lowest BCUT2D eigenvalue weighted by atomic mass is 10.2. The van der Waals surface area contributed by atoms with Gasteiger partial charge >= 0.3 is 5.97 Å². The number of hydrogen-bond acceptors (Lipinski definition) is 6. The number of carbonyl (C=O) groups excluding carboxylic acids is 1. The highest BCUT2D eigenvalue weighted by Gasteiger charge is 2.02. The third-order valence-corrected chi connectivity index (χ3v) is 3.12. The Labute approximate surface area is 141 Å². The van der Waals surface area contributed by atoms with Gasteiger partial charge in [0.15, 0.2) is 0 Å². The monoisotopic (exact) mass is 330 g/mol. The molecule has 2 N–H and O–H groups in total. The zero-order chi connectivity index (χ0) is 17.4. The fraction of sp³-hybridized carbons (Fsp3) is 0.353. The molecular formula is C17H22N4O3. The maximum absolute atomic E-state index is 11.2. The van der Waals surface area contributed by atoms with Crippen molar-refractivity contribution in [3.63, 3.8) is 0 Å². The first-order chi connectivity index (χ1) is 11.6. The molecule has 0 atom stereocenters. The Kier molecular flexibility index (Phi) is 6.36. The summed E-state index contributed by atoms with van der Waals surface area (Å²) in [4.78, 5) is 15.3. The van der Waals surface area contributed by atoms with E-state index in [1.165, 1.54) is 4.68 Å². The summed E-state index contributed by atoms with van der Waals surface area (Å²) in [7, 11) is 0. The lowest BCUT2D eigenvalue weighted by Gasteiger charge is -2.06. The van der Waals surface area contributed by atoms with E-state index in [1.54, 1.807) is 19.3 Å². The highest BCUT2D eigenvalue weighted by Crippen LogP contribution is 2.13. The molecule has 1 heterocycles. The van der Waals surface area contributed by atoms with Crippen molar-refractivity contribution in [2.24, 2.45) is 5.10 Å². The second-order valence-electron chi connectivity index (χ2n) is 5.16. The van der Waals surface area contributed by atoms with Gasteiger partial charge in [-0.2, -0.15) is 5.10 Å². The summed E-state index contributed by atoms with van der Waals surface area (Å²) < 4.78 is 12.0. The number of imidazole rings is 1. The van der Waals surface area contributed by atoms with E-state index < -0.39 is 0 Å². The van der Waals surface area contributed by atoms with Crippen LogP contribution in [0.25, 0.3) is 0 Å². The van der Waals surface area contributed by atoms with Crippen LogP contribution >= 0.6 is 0 Å². The Balaban J connectivity index is 1.87. The summed E-state index contributed by atoms with van der Waals surface area (Å²) >= 11 is 0. The molecule has 7 nitrogen and oxygen atoms in total. The number of nitrogen functional groups attached to an aromatic ring is 1. The van der Waals surface area contributed by atoms with Gasteiger partial charge in [-0.1, -0.05) is 12.1 Å². The normalized spacial score (nSPS) is 10.9. The van der Waals surface area contributed by atoms with Crippen molar-refractivity contribution < 1.29 is 14.3 Å². The van der Waals surface area contributed by atoms with Gasteiger partial charge in [-0.25, -0.2) is 9.66 Å². The van der Waals surface area contributed by atoms with Crippen LogP contribution in [0.5, 0.6) is 5.75 Å². The number of anilines is 1. The number of nitrogens with two attached hydrogens (primary N) is 1. The van der Waals surface area contributed by atoms with E-state index in [1.807, 2.05) is 31.2 Å². The molecule has 0 aliphatic rings. The van der Waals surface area contributed by atoms with Crippen molar-refractivity contribution in [3.05, 3.63) is 41.7 Å². The van der Waals surface area contributed by atoms with Crippen LogP contribution < -0.4 is 10.5 Å². The van der Waals surface area contributed by atoms with E-state index in [-0.39, 0.29) is 5.97 Å². The quantitative estimate of drug-likeness (QED) is 0.456. The highest BCUT2D eigenvalue weighted by atomic mass is 16.5. The number of aromatic nitrogens is 2. The molecule has 24 heavy (non-hydrogen) atoms. The number of esters is 1. The van der Waals surface area contributed by atoms with E-state index in [4.69, 9.17) is 15.2 Å². The van der Waals surface area contributed by atoms with E-state index in [2.05, 4.69) is 10.1 Å². The number of hydrogen-bond donors (Lipinski definition) is 1. The molecule has 0 spiro atoms. The van der Waals surface area contributed by atoms with Crippen LogP contribution in [-0.4, -0.2) is 35.1 Å². The molecule has 0 bridgehead atoms. The summed E-state index contributed by atoms with van der Waals surface area (Å²) in [6, 6.07) is 7.52. The zero-order valence-corrected chi connectivity index (χ0v) is 13.9. The summed E-state index contributed by atoms with van der Waals surface area (Å²) in [5.41, 5.74) is 7.43. The molecule has 0 unspecified atom stereocenters. The van der Waals surface area contributed by atoms with E-state index in [0.29, 0.717) is 32.0 Å². The Bertz CT molecular complexity index is 710. The second kappa shape index (κ2) is 8.71. The topological polar surface area (TPSA) is 91.7 Å². The minimum Gasteiger partial charge on any atom is -0.494 e.